The lowest BCUT2D eigenvalue weighted by molar-refractivity contribution is 0.585. The van der Waals surface area contributed by atoms with Crippen LogP contribution in [-0.4, -0.2) is 10.8 Å². The smallest absolute Gasteiger partial charge is 0.151 e. The Bertz CT molecular complexity index is 861. The number of aryl methyl sites for hydroxylation is 2. The van der Waals surface area contributed by atoms with Crippen molar-refractivity contribution in [3.63, 3.8) is 0 Å². The summed E-state index contributed by atoms with van der Waals surface area (Å²) in [4.78, 5) is 0. The van der Waals surface area contributed by atoms with Crippen LogP contribution in [0.2, 0.25) is 0 Å². The molecule has 0 unspecified atom stereocenters. The first-order valence-electron chi connectivity index (χ1n) is 7.54. The molecule has 0 aliphatic heterocycles. The predicted octanol–water partition coefficient (Wildman–Crippen LogP) is 4.82. The number of benzene rings is 2. The van der Waals surface area contributed by atoms with Crippen molar-refractivity contribution in [3.8, 4) is 5.69 Å². The van der Waals surface area contributed by atoms with Gasteiger partial charge in [-0.3, -0.25) is 5.43 Å². The normalized spacial score (nSPS) is 11.2. The molecular weight excluding hydrogens is 308 g/mol. The molecule has 3 nitrogen and oxygen atoms in total. The molecule has 0 aliphatic carbocycles. The Morgan fingerprint density at radius 3 is 2.21 bits per heavy atom. The number of rotatable bonds is 4. The van der Waals surface area contributed by atoms with Crippen LogP contribution < -0.4 is 5.43 Å². The van der Waals surface area contributed by atoms with Crippen LogP contribution in [0.5, 0.6) is 0 Å². The monoisotopic (exact) mass is 325 g/mol. The van der Waals surface area contributed by atoms with Crippen molar-refractivity contribution in [2.45, 2.75) is 13.8 Å². The maximum Gasteiger partial charge on any atom is 0.151 e. The van der Waals surface area contributed by atoms with Gasteiger partial charge in [0.2, 0.25) is 0 Å². The molecule has 0 saturated carbocycles. The van der Waals surface area contributed by atoms with Gasteiger partial charge in [0.1, 0.15) is 5.82 Å². The number of nitrogens with zero attached hydrogens (tertiary/aromatic N) is 2. The molecular formula is C19H17F2N3. The van der Waals surface area contributed by atoms with Crippen LogP contribution in [0, 0.1) is 25.5 Å². The van der Waals surface area contributed by atoms with E-state index in [1.807, 2.05) is 24.3 Å². The van der Waals surface area contributed by atoms with E-state index in [2.05, 4.69) is 41.1 Å². The van der Waals surface area contributed by atoms with E-state index in [1.54, 1.807) is 6.21 Å². The van der Waals surface area contributed by atoms with Crippen LogP contribution in [0.4, 0.5) is 14.5 Å². The average molecular weight is 325 g/mol. The van der Waals surface area contributed by atoms with Crippen molar-refractivity contribution in [1.82, 2.24) is 4.57 Å². The second-order valence-electron chi connectivity index (χ2n) is 5.54. The summed E-state index contributed by atoms with van der Waals surface area (Å²) in [6.07, 6.45) is 1.59. The largest absolute Gasteiger partial charge is 0.319 e. The predicted molar refractivity (Wildman–Crippen MR) is 92.8 cm³/mol. The molecule has 0 radical (unpaired) electrons. The van der Waals surface area contributed by atoms with Crippen molar-refractivity contribution in [2.75, 3.05) is 5.43 Å². The summed E-state index contributed by atoms with van der Waals surface area (Å²) in [7, 11) is 0. The van der Waals surface area contributed by atoms with Crippen LogP contribution in [0.15, 0.2) is 59.7 Å². The van der Waals surface area contributed by atoms with Crippen molar-refractivity contribution in [3.05, 3.63) is 83.2 Å². The minimum Gasteiger partial charge on any atom is -0.319 e. The molecule has 3 aromatic rings. The van der Waals surface area contributed by atoms with Crippen LogP contribution >= 0.6 is 0 Å². The zero-order valence-corrected chi connectivity index (χ0v) is 13.4. The fraction of sp³-hybridized carbons (Fsp3) is 0.105. The van der Waals surface area contributed by atoms with Gasteiger partial charge < -0.3 is 4.57 Å². The van der Waals surface area contributed by atoms with Gasteiger partial charge in [0.05, 0.1) is 11.9 Å². The minimum absolute atomic E-state index is 0.128. The third-order valence-corrected chi connectivity index (χ3v) is 3.75. The average Bonchev–Trinajstić information content (AvgIpc) is 2.89. The van der Waals surface area contributed by atoms with Gasteiger partial charge in [-0.05, 0) is 55.8 Å². The van der Waals surface area contributed by atoms with Gasteiger partial charge in [-0.2, -0.15) is 5.10 Å². The van der Waals surface area contributed by atoms with E-state index in [1.165, 1.54) is 23.5 Å². The molecule has 0 bridgehead atoms. The van der Waals surface area contributed by atoms with Gasteiger partial charge in [0.15, 0.2) is 5.82 Å². The number of nitrogens with one attached hydrogen (secondary N) is 1. The number of aromatic nitrogens is 1. The van der Waals surface area contributed by atoms with Gasteiger partial charge >= 0.3 is 0 Å². The van der Waals surface area contributed by atoms with Gasteiger partial charge in [-0.1, -0.05) is 12.1 Å². The molecule has 0 atom stereocenters. The molecule has 2 aromatic carbocycles. The summed E-state index contributed by atoms with van der Waals surface area (Å²) in [5, 5.41) is 3.99. The zero-order chi connectivity index (χ0) is 17.1. The Hall–Kier alpha value is -2.95. The molecule has 24 heavy (non-hydrogen) atoms. The first-order chi connectivity index (χ1) is 11.5. The highest BCUT2D eigenvalue weighted by atomic mass is 19.1. The summed E-state index contributed by atoms with van der Waals surface area (Å²) in [5.74, 6) is -1.30. The molecule has 0 saturated heterocycles. The highest BCUT2D eigenvalue weighted by molar-refractivity contribution is 5.80. The Morgan fingerprint density at radius 2 is 1.58 bits per heavy atom. The summed E-state index contributed by atoms with van der Waals surface area (Å²) in [6, 6.07) is 15.3. The quantitative estimate of drug-likeness (QED) is 0.541. The first kappa shape index (κ1) is 15.9. The van der Waals surface area contributed by atoms with Crippen molar-refractivity contribution >= 4 is 11.9 Å². The maximum atomic E-state index is 13.5. The first-order valence-corrected chi connectivity index (χ1v) is 7.54. The Morgan fingerprint density at radius 1 is 0.917 bits per heavy atom. The fourth-order valence-corrected chi connectivity index (χ4v) is 2.54. The summed E-state index contributed by atoms with van der Waals surface area (Å²) in [6.45, 7) is 4.12. The van der Waals surface area contributed by atoms with Crippen LogP contribution in [0.25, 0.3) is 5.69 Å². The van der Waals surface area contributed by atoms with E-state index in [4.69, 9.17) is 0 Å². The molecule has 5 heteroatoms. The molecule has 1 N–H and O–H groups in total. The lowest BCUT2D eigenvalue weighted by Gasteiger charge is -2.09. The lowest BCUT2D eigenvalue weighted by Crippen LogP contribution is -1.99. The van der Waals surface area contributed by atoms with Crippen LogP contribution in [-0.2, 0) is 0 Å². The van der Waals surface area contributed by atoms with Crippen molar-refractivity contribution in [2.24, 2.45) is 5.10 Å². The number of halogens is 2. The van der Waals surface area contributed by atoms with Crippen molar-refractivity contribution in [1.29, 1.82) is 0 Å². The minimum atomic E-state index is -0.680. The van der Waals surface area contributed by atoms with E-state index in [-0.39, 0.29) is 5.69 Å². The second-order valence-corrected chi connectivity index (χ2v) is 5.54. The molecule has 0 aliphatic rings. The molecule has 1 aromatic heterocycles. The van der Waals surface area contributed by atoms with Gasteiger partial charge in [0.25, 0.3) is 0 Å². The fourth-order valence-electron chi connectivity index (χ4n) is 2.54. The van der Waals surface area contributed by atoms with Crippen LogP contribution in [0.1, 0.15) is 17.0 Å². The lowest BCUT2D eigenvalue weighted by atomic mass is 10.2. The van der Waals surface area contributed by atoms with E-state index >= 15 is 0 Å². The number of hydrogen-bond acceptors (Lipinski definition) is 2. The standard InChI is InChI=1S/C19H17F2N3/c1-13-3-4-14(2)24(13)17-8-5-15(6-9-17)12-22-23-19-10-7-16(20)11-18(19)21/h3-12,23H,1-2H3. The third-order valence-electron chi connectivity index (χ3n) is 3.75. The van der Waals surface area contributed by atoms with E-state index < -0.39 is 11.6 Å². The van der Waals surface area contributed by atoms with Gasteiger partial charge in [-0.25, -0.2) is 8.78 Å². The molecule has 122 valence electrons. The molecule has 0 amide bonds. The molecule has 1 heterocycles. The maximum absolute atomic E-state index is 13.5. The van der Waals surface area contributed by atoms with E-state index in [0.29, 0.717) is 0 Å². The molecule has 3 rings (SSSR count). The molecule has 0 spiro atoms. The summed E-state index contributed by atoms with van der Waals surface area (Å²) < 4.78 is 28.5. The number of anilines is 1. The van der Waals surface area contributed by atoms with Gasteiger partial charge in [-0.15, -0.1) is 0 Å². The number of hydrogen-bond donors (Lipinski definition) is 1. The Kier molecular flexibility index (Phi) is 4.42. The summed E-state index contributed by atoms with van der Waals surface area (Å²) in [5.41, 5.74) is 6.98. The van der Waals surface area contributed by atoms with Crippen molar-refractivity contribution < 1.29 is 8.78 Å². The van der Waals surface area contributed by atoms with Gasteiger partial charge in [0, 0.05) is 23.1 Å². The SMILES string of the molecule is Cc1ccc(C)n1-c1ccc(C=NNc2ccc(F)cc2F)cc1. The van der Waals surface area contributed by atoms with E-state index in [9.17, 15) is 8.78 Å². The summed E-state index contributed by atoms with van der Waals surface area (Å²) >= 11 is 0. The third kappa shape index (κ3) is 3.35. The molecule has 0 fully saturated rings. The second kappa shape index (κ2) is 6.66. The van der Waals surface area contributed by atoms with E-state index in [0.717, 1.165) is 17.3 Å². The zero-order valence-electron chi connectivity index (χ0n) is 13.4. The topological polar surface area (TPSA) is 29.3 Å². The Balaban J connectivity index is 1.72. The van der Waals surface area contributed by atoms with Crippen LogP contribution in [0.3, 0.4) is 0 Å². The number of hydrazone groups is 1. The highest BCUT2D eigenvalue weighted by Gasteiger charge is 2.04. The Labute approximate surface area is 139 Å². The highest BCUT2D eigenvalue weighted by Crippen LogP contribution is 2.17.